The molecule has 1 unspecified atom stereocenters. The van der Waals surface area contributed by atoms with Crippen molar-refractivity contribution < 1.29 is 0 Å². The maximum Gasteiger partial charge on any atom is 0.0641 e. The average Bonchev–Trinajstić information content (AvgIpc) is 2.70. The lowest BCUT2D eigenvalue weighted by Crippen LogP contribution is -2.24. The van der Waals surface area contributed by atoms with E-state index in [-0.39, 0.29) is 0 Å². The van der Waals surface area contributed by atoms with Gasteiger partial charge in [0.2, 0.25) is 0 Å². The Bertz CT molecular complexity index is 618. The van der Waals surface area contributed by atoms with Gasteiger partial charge in [0.05, 0.1) is 5.69 Å². The number of rotatable bonds is 3. The summed E-state index contributed by atoms with van der Waals surface area (Å²) < 4.78 is 1.97. The first-order valence-corrected chi connectivity index (χ1v) is 8.09. The van der Waals surface area contributed by atoms with Crippen molar-refractivity contribution in [3.63, 3.8) is 0 Å². The minimum absolute atomic E-state index is 0.464. The minimum atomic E-state index is 0.464. The maximum atomic E-state index is 4.49. The summed E-state index contributed by atoms with van der Waals surface area (Å²) in [6.45, 7) is 5.13. The molecule has 0 spiro atoms. The molecule has 1 aromatic heterocycles. The van der Waals surface area contributed by atoms with Gasteiger partial charge in [0.15, 0.2) is 0 Å². The van der Waals surface area contributed by atoms with Crippen LogP contribution < -0.4 is 5.32 Å². The Morgan fingerprint density at radius 3 is 2.90 bits per heavy atom. The van der Waals surface area contributed by atoms with Crippen molar-refractivity contribution in [3.05, 3.63) is 46.8 Å². The first kappa shape index (κ1) is 13.7. The third kappa shape index (κ3) is 2.50. The number of hydrogen-bond acceptors (Lipinski definition) is 3. The Hall–Kier alpha value is -1.26. The van der Waals surface area contributed by atoms with Crippen molar-refractivity contribution in [3.8, 4) is 0 Å². The van der Waals surface area contributed by atoms with Crippen LogP contribution in [0.4, 0.5) is 0 Å². The van der Waals surface area contributed by atoms with Gasteiger partial charge in [0, 0.05) is 35.8 Å². The summed E-state index contributed by atoms with van der Waals surface area (Å²) in [5.41, 5.74) is 5.18. The zero-order valence-corrected chi connectivity index (χ0v) is 13.1. The second-order valence-electron chi connectivity index (χ2n) is 5.38. The van der Waals surface area contributed by atoms with Gasteiger partial charge in [0.25, 0.3) is 0 Å². The molecule has 1 atom stereocenters. The van der Waals surface area contributed by atoms with Gasteiger partial charge in [0.1, 0.15) is 0 Å². The summed E-state index contributed by atoms with van der Waals surface area (Å²) in [5.74, 6) is 1.19. The van der Waals surface area contributed by atoms with Crippen LogP contribution in [0.15, 0.2) is 29.2 Å². The fourth-order valence-electron chi connectivity index (χ4n) is 2.85. The Labute approximate surface area is 124 Å². The van der Waals surface area contributed by atoms with E-state index in [2.05, 4.69) is 48.5 Å². The number of fused-ring (bicyclic) bond motifs is 1. The largest absolute Gasteiger partial charge is 0.306 e. The van der Waals surface area contributed by atoms with Crippen LogP contribution in [0.1, 0.15) is 35.0 Å². The first-order valence-electron chi connectivity index (χ1n) is 7.11. The van der Waals surface area contributed by atoms with Crippen LogP contribution in [0.5, 0.6) is 0 Å². The first-order chi connectivity index (χ1) is 9.66. The Balaban J connectivity index is 1.77. The molecule has 1 aliphatic heterocycles. The smallest absolute Gasteiger partial charge is 0.0641 e. The van der Waals surface area contributed by atoms with Gasteiger partial charge in [-0.3, -0.25) is 4.68 Å². The number of nitrogens with zero attached hydrogens (tertiary/aromatic N) is 2. The lowest BCUT2D eigenvalue weighted by atomic mass is 10.0. The van der Waals surface area contributed by atoms with E-state index in [4.69, 9.17) is 0 Å². The highest BCUT2D eigenvalue weighted by Crippen LogP contribution is 2.36. The number of nitrogens with one attached hydrogen (secondary N) is 1. The molecule has 20 heavy (non-hydrogen) atoms. The van der Waals surface area contributed by atoms with E-state index in [1.165, 1.54) is 33.9 Å². The number of aryl methyl sites for hydroxylation is 2. The summed E-state index contributed by atoms with van der Waals surface area (Å²) in [6, 6.07) is 9.21. The molecule has 0 saturated carbocycles. The van der Waals surface area contributed by atoms with Crippen LogP contribution >= 0.6 is 11.8 Å². The van der Waals surface area contributed by atoms with E-state index in [1.54, 1.807) is 0 Å². The fourth-order valence-corrected chi connectivity index (χ4v) is 3.98. The number of hydrogen-bond donors (Lipinski definition) is 1. The molecule has 1 aliphatic rings. The highest BCUT2D eigenvalue weighted by molar-refractivity contribution is 7.99. The summed E-state index contributed by atoms with van der Waals surface area (Å²) in [4.78, 5) is 1.43. The Morgan fingerprint density at radius 1 is 1.35 bits per heavy atom. The second kappa shape index (κ2) is 5.62. The molecule has 1 N–H and O–H groups in total. The van der Waals surface area contributed by atoms with Gasteiger partial charge in [-0.1, -0.05) is 18.2 Å². The minimum Gasteiger partial charge on any atom is -0.306 e. The van der Waals surface area contributed by atoms with Gasteiger partial charge in [-0.15, -0.1) is 11.8 Å². The molecule has 0 amide bonds. The van der Waals surface area contributed by atoms with E-state index in [9.17, 15) is 0 Å². The van der Waals surface area contributed by atoms with Crippen molar-refractivity contribution in [1.29, 1.82) is 0 Å². The molecule has 4 heteroatoms. The molecule has 106 valence electrons. The number of thioether (sulfide) groups is 1. The zero-order valence-electron chi connectivity index (χ0n) is 12.3. The van der Waals surface area contributed by atoms with E-state index < -0.39 is 0 Å². The third-order valence-corrected chi connectivity index (χ3v) is 5.27. The highest BCUT2D eigenvalue weighted by atomic mass is 32.2. The van der Waals surface area contributed by atoms with E-state index in [0.717, 1.165) is 12.2 Å². The maximum absolute atomic E-state index is 4.49. The van der Waals surface area contributed by atoms with Gasteiger partial charge < -0.3 is 5.32 Å². The molecule has 0 saturated heterocycles. The van der Waals surface area contributed by atoms with Crippen molar-refractivity contribution in [2.45, 2.75) is 37.8 Å². The van der Waals surface area contributed by atoms with Crippen LogP contribution in [-0.4, -0.2) is 15.5 Å². The van der Waals surface area contributed by atoms with Crippen molar-refractivity contribution >= 4 is 11.8 Å². The molecule has 1 aromatic carbocycles. The number of aromatic nitrogens is 2. The zero-order chi connectivity index (χ0) is 14.1. The molecule has 2 heterocycles. The average molecular weight is 287 g/mol. The van der Waals surface area contributed by atoms with Gasteiger partial charge in [-0.2, -0.15) is 5.10 Å². The third-order valence-electron chi connectivity index (χ3n) is 4.14. The van der Waals surface area contributed by atoms with E-state index in [1.807, 2.05) is 23.5 Å². The lowest BCUT2D eigenvalue weighted by molar-refractivity contribution is 0.508. The van der Waals surface area contributed by atoms with Crippen LogP contribution in [-0.2, 0) is 13.6 Å². The second-order valence-corrected chi connectivity index (χ2v) is 6.52. The summed E-state index contributed by atoms with van der Waals surface area (Å²) in [5, 5.41) is 8.21. The lowest BCUT2D eigenvalue weighted by Gasteiger charge is -2.26. The topological polar surface area (TPSA) is 29.9 Å². The monoisotopic (exact) mass is 287 g/mol. The summed E-state index contributed by atoms with van der Waals surface area (Å²) in [6.07, 6.45) is 1.19. The molecule has 3 nitrogen and oxygen atoms in total. The summed E-state index contributed by atoms with van der Waals surface area (Å²) in [7, 11) is 2.01. The molecular formula is C16H21N3S. The molecule has 3 rings (SSSR count). The molecule has 2 aromatic rings. The van der Waals surface area contributed by atoms with Gasteiger partial charge in [-0.05, 0) is 37.7 Å². The standard InChI is InChI=1S/C16H21N3S/c1-11-14(12(2)19(3)18-11)10-17-15-8-9-20-16-7-5-4-6-13(15)16/h4-7,15,17H,8-10H2,1-3H3. The van der Waals surface area contributed by atoms with E-state index >= 15 is 0 Å². The van der Waals surface area contributed by atoms with Crippen LogP contribution in [0.2, 0.25) is 0 Å². The van der Waals surface area contributed by atoms with E-state index in [0.29, 0.717) is 6.04 Å². The van der Waals surface area contributed by atoms with Crippen molar-refractivity contribution in [2.24, 2.45) is 7.05 Å². The van der Waals surface area contributed by atoms with Crippen molar-refractivity contribution in [1.82, 2.24) is 15.1 Å². The van der Waals surface area contributed by atoms with Crippen LogP contribution in [0, 0.1) is 13.8 Å². The molecular weight excluding hydrogens is 266 g/mol. The Morgan fingerprint density at radius 2 is 2.15 bits per heavy atom. The molecule has 0 radical (unpaired) electrons. The summed E-state index contributed by atoms with van der Waals surface area (Å²) >= 11 is 1.97. The molecule has 0 fully saturated rings. The SMILES string of the molecule is Cc1nn(C)c(C)c1CNC1CCSc2ccccc21. The van der Waals surface area contributed by atoms with Gasteiger partial charge >= 0.3 is 0 Å². The van der Waals surface area contributed by atoms with Crippen LogP contribution in [0.25, 0.3) is 0 Å². The number of benzene rings is 1. The highest BCUT2D eigenvalue weighted by Gasteiger charge is 2.20. The molecule has 0 aliphatic carbocycles. The fraction of sp³-hybridized carbons (Fsp3) is 0.438. The quantitative estimate of drug-likeness (QED) is 0.938. The predicted octanol–water partition coefficient (Wildman–Crippen LogP) is 3.36. The molecule has 0 bridgehead atoms. The predicted molar refractivity (Wildman–Crippen MR) is 84.0 cm³/mol. The normalized spacial score (nSPS) is 18.1. The van der Waals surface area contributed by atoms with Crippen molar-refractivity contribution in [2.75, 3.05) is 5.75 Å². The Kier molecular flexibility index (Phi) is 3.85. The van der Waals surface area contributed by atoms with Crippen LogP contribution in [0.3, 0.4) is 0 Å². The van der Waals surface area contributed by atoms with Gasteiger partial charge in [-0.25, -0.2) is 0 Å².